The summed E-state index contributed by atoms with van der Waals surface area (Å²) in [5, 5.41) is 26.4. The first-order valence-electron chi connectivity index (χ1n) is 7.58. The number of thiazole rings is 1. The van der Waals surface area contributed by atoms with Crippen LogP contribution in [-0.2, 0) is 0 Å². The van der Waals surface area contributed by atoms with Crippen molar-refractivity contribution < 1.29 is 4.92 Å². The van der Waals surface area contributed by atoms with Gasteiger partial charge in [-0.25, -0.2) is 4.98 Å². The third-order valence-electron chi connectivity index (χ3n) is 3.53. The number of hydrogen-bond acceptors (Lipinski definition) is 7. The van der Waals surface area contributed by atoms with E-state index in [4.69, 9.17) is 0 Å². The summed E-state index contributed by atoms with van der Waals surface area (Å²) in [5.41, 5.74) is 6.32. The van der Waals surface area contributed by atoms with Gasteiger partial charge in [0.25, 0.3) is 5.69 Å². The first-order valence-corrected chi connectivity index (χ1v) is 8.46. The molecule has 0 spiro atoms. The number of hydrazone groups is 1. The SMILES string of the molecule is Cc1ccc(-c2csc(/C(C#N)=N\Nc3ccc([N+](=O)[O-])cc3)n2)cc1. The first-order chi connectivity index (χ1) is 12.6. The fourth-order valence-corrected chi connectivity index (χ4v) is 2.90. The van der Waals surface area contributed by atoms with E-state index in [-0.39, 0.29) is 11.4 Å². The van der Waals surface area contributed by atoms with Crippen LogP contribution >= 0.6 is 11.3 Å². The van der Waals surface area contributed by atoms with Crippen LogP contribution in [0.5, 0.6) is 0 Å². The zero-order chi connectivity index (χ0) is 18.5. The van der Waals surface area contributed by atoms with Crippen molar-refractivity contribution >= 4 is 28.4 Å². The van der Waals surface area contributed by atoms with Crippen molar-refractivity contribution in [1.82, 2.24) is 4.98 Å². The Morgan fingerprint density at radius 2 is 1.92 bits per heavy atom. The second kappa shape index (κ2) is 7.55. The molecule has 7 nitrogen and oxygen atoms in total. The standard InChI is InChI=1S/C18H13N5O2S/c1-12-2-4-13(5-3-12)17-11-26-18(20-17)16(10-19)22-21-14-6-8-15(9-7-14)23(24)25/h2-9,11,21H,1H3/b22-16-. The van der Waals surface area contributed by atoms with Crippen LogP contribution in [0.15, 0.2) is 59.0 Å². The number of aromatic nitrogens is 1. The maximum absolute atomic E-state index is 10.7. The largest absolute Gasteiger partial charge is 0.277 e. The highest BCUT2D eigenvalue weighted by molar-refractivity contribution is 7.12. The van der Waals surface area contributed by atoms with Crippen LogP contribution in [-0.4, -0.2) is 15.6 Å². The molecule has 0 saturated carbocycles. The Morgan fingerprint density at radius 3 is 2.54 bits per heavy atom. The number of anilines is 1. The van der Waals surface area contributed by atoms with Crippen molar-refractivity contribution in [2.75, 3.05) is 5.43 Å². The summed E-state index contributed by atoms with van der Waals surface area (Å²) in [7, 11) is 0. The van der Waals surface area contributed by atoms with E-state index in [0.717, 1.165) is 16.8 Å². The van der Waals surface area contributed by atoms with Crippen molar-refractivity contribution in [2.45, 2.75) is 6.92 Å². The van der Waals surface area contributed by atoms with Gasteiger partial charge in [0.1, 0.15) is 6.07 Å². The molecule has 0 unspecified atom stereocenters. The normalized spacial score (nSPS) is 11.0. The summed E-state index contributed by atoms with van der Waals surface area (Å²) in [5.74, 6) is 0. The number of nitro benzene ring substituents is 1. The lowest BCUT2D eigenvalue weighted by atomic mass is 10.1. The molecule has 128 valence electrons. The quantitative estimate of drug-likeness (QED) is 0.412. The minimum atomic E-state index is -0.476. The lowest BCUT2D eigenvalue weighted by Gasteiger charge is -2.00. The lowest BCUT2D eigenvalue weighted by Crippen LogP contribution is -2.01. The van der Waals surface area contributed by atoms with Gasteiger partial charge in [-0.3, -0.25) is 15.5 Å². The van der Waals surface area contributed by atoms with Crippen LogP contribution in [0, 0.1) is 28.4 Å². The van der Waals surface area contributed by atoms with E-state index in [2.05, 4.69) is 15.5 Å². The molecule has 1 aromatic heterocycles. The van der Waals surface area contributed by atoms with Gasteiger partial charge < -0.3 is 0 Å². The van der Waals surface area contributed by atoms with E-state index in [1.54, 1.807) is 0 Å². The van der Waals surface area contributed by atoms with E-state index >= 15 is 0 Å². The van der Waals surface area contributed by atoms with Crippen molar-refractivity contribution in [2.24, 2.45) is 5.10 Å². The first kappa shape index (κ1) is 17.3. The predicted octanol–water partition coefficient (Wildman–Crippen LogP) is 4.37. The summed E-state index contributed by atoms with van der Waals surface area (Å²) >= 11 is 1.33. The fourth-order valence-electron chi connectivity index (χ4n) is 2.14. The average Bonchev–Trinajstić information content (AvgIpc) is 3.13. The van der Waals surface area contributed by atoms with Crippen LogP contribution in [0.1, 0.15) is 10.6 Å². The van der Waals surface area contributed by atoms with Gasteiger partial charge in [-0.2, -0.15) is 10.4 Å². The molecule has 0 aliphatic carbocycles. The van der Waals surface area contributed by atoms with Crippen LogP contribution in [0.2, 0.25) is 0 Å². The second-order valence-corrected chi connectivity index (χ2v) is 6.25. The monoisotopic (exact) mass is 363 g/mol. The highest BCUT2D eigenvalue weighted by Crippen LogP contribution is 2.23. The smallest absolute Gasteiger partial charge is 0.269 e. The highest BCUT2D eigenvalue weighted by atomic mass is 32.1. The Hall–Kier alpha value is -3.57. The Bertz CT molecular complexity index is 1000. The van der Waals surface area contributed by atoms with Gasteiger partial charge in [0.15, 0.2) is 10.7 Å². The van der Waals surface area contributed by atoms with Gasteiger partial charge in [-0.15, -0.1) is 11.3 Å². The summed E-state index contributed by atoms with van der Waals surface area (Å²) < 4.78 is 0. The molecule has 0 atom stereocenters. The number of aryl methyl sites for hydroxylation is 1. The van der Waals surface area contributed by atoms with Crippen molar-refractivity contribution in [3.05, 3.63) is 74.6 Å². The fraction of sp³-hybridized carbons (Fsp3) is 0.0556. The molecule has 0 fully saturated rings. The Morgan fingerprint density at radius 1 is 1.23 bits per heavy atom. The van der Waals surface area contributed by atoms with E-state index in [1.807, 2.05) is 42.6 Å². The number of nitrogens with zero attached hydrogens (tertiary/aromatic N) is 4. The second-order valence-electron chi connectivity index (χ2n) is 5.39. The minimum Gasteiger partial charge on any atom is -0.277 e. The van der Waals surface area contributed by atoms with E-state index in [9.17, 15) is 15.4 Å². The number of nitrogens with one attached hydrogen (secondary N) is 1. The maximum atomic E-state index is 10.7. The zero-order valence-corrected chi connectivity index (χ0v) is 14.5. The van der Waals surface area contributed by atoms with E-state index < -0.39 is 4.92 Å². The van der Waals surface area contributed by atoms with Gasteiger partial charge >= 0.3 is 0 Å². The lowest BCUT2D eigenvalue weighted by molar-refractivity contribution is -0.384. The van der Waals surface area contributed by atoms with E-state index in [1.165, 1.54) is 35.6 Å². The van der Waals surface area contributed by atoms with Crippen molar-refractivity contribution in [1.29, 1.82) is 5.26 Å². The van der Waals surface area contributed by atoms with Gasteiger partial charge in [-0.1, -0.05) is 29.8 Å². The predicted molar refractivity (Wildman–Crippen MR) is 101 cm³/mol. The van der Waals surface area contributed by atoms with Crippen LogP contribution in [0.4, 0.5) is 11.4 Å². The number of nitro groups is 1. The highest BCUT2D eigenvalue weighted by Gasteiger charge is 2.11. The molecule has 1 heterocycles. The molecule has 3 rings (SSSR count). The van der Waals surface area contributed by atoms with E-state index in [0.29, 0.717) is 10.7 Å². The Kier molecular flexibility index (Phi) is 5.01. The Labute approximate surface area is 153 Å². The molecule has 8 heteroatoms. The molecule has 0 amide bonds. The maximum Gasteiger partial charge on any atom is 0.269 e. The Balaban J connectivity index is 1.78. The third kappa shape index (κ3) is 3.91. The molecular formula is C18H13N5O2S. The summed E-state index contributed by atoms with van der Waals surface area (Å²) in [6.45, 7) is 2.01. The van der Waals surface area contributed by atoms with Crippen molar-refractivity contribution in [3.63, 3.8) is 0 Å². The topological polar surface area (TPSA) is 104 Å². The molecule has 3 aromatic rings. The van der Waals surface area contributed by atoms with Gasteiger partial charge in [-0.05, 0) is 19.1 Å². The minimum absolute atomic E-state index is 0.0114. The van der Waals surface area contributed by atoms with Crippen LogP contribution in [0.25, 0.3) is 11.3 Å². The molecule has 0 saturated heterocycles. The summed E-state index contributed by atoms with van der Waals surface area (Å²) in [6.07, 6.45) is 0. The number of rotatable bonds is 5. The average molecular weight is 363 g/mol. The number of benzene rings is 2. The molecule has 0 bridgehead atoms. The molecule has 0 aliphatic rings. The summed E-state index contributed by atoms with van der Waals surface area (Å²) in [6, 6.07) is 15.8. The van der Waals surface area contributed by atoms with Gasteiger partial charge in [0.2, 0.25) is 0 Å². The molecule has 1 N–H and O–H groups in total. The zero-order valence-electron chi connectivity index (χ0n) is 13.7. The molecule has 0 aliphatic heterocycles. The van der Waals surface area contributed by atoms with Gasteiger partial charge in [0, 0.05) is 23.1 Å². The van der Waals surface area contributed by atoms with Gasteiger partial charge in [0.05, 0.1) is 16.3 Å². The van der Waals surface area contributed by atoms with Crippen molar-refractivity contribution in [3.8, 4) is 17.3 Å². The van der Waals surface area contributed by atoms with Crippen LogP contribution in [0.3, 0.4) is 0 Å². The third-order valence-corrected chi connectivity index (χ3v) is 4.38. The molecular weight excluding hydrogens is 350 g/mol. The number of nitriles is 1. The molecule has 26 heavy (non-hydrogen) atoms. The number of hydrogen-bond donors (Lipinski definition) is 1. The molecule has 0 radical (unpaired) electrons. The van der Waals surface area contributed by atoms with Crippen LogP contribution < -0.4 is 5.43 Å². The molecule has 2 aromatic carbocycles. The number of non-ortho nitro benzene ring substituents is 1. The summed E-state index contributed by atoms with van der Waals surface area (Å²) in [4.78, 5) is 14.6.